The molecular weight excluding hydrogens is 216 g/mol. The summed E-state index contributed by atoms with van der Waals surface area (Å²) in [5, 5.41) is 23.4. The average molecular weight is 234 g/mol. The number of rotatable bonds is 3. The second-order valence-corrected chi connectivity index (χ2v) is 3.89. The van der Waals surface area contributed by atoms with Crippen molar-refractivity contribution < 1.29 is 0 Å². The van der Waals surface area contributed by atoms with Gasteiger partial charge in [-0.2, -0.15) is 0 Å². The SMILES string of the molecule is CC(C)NC(=N)NC(=N)NCc1cccnc1. The molecule has 6 nitrogen and oxygen atoms in total. The Bertz CT molecular complexity index is 373. The van der Waals surface area contributed by atoms with Crippen molar-refractivity contribution in [2.75, 3.05) is 0 Å². The second kappa shape index (κ2) is 6.47. The van der Waals surface area contributed by atoms with Crippen molar-refractivity contribution in [1.82, 2.24) is 20.9 Å². The number of aromatic nitrogens is 1. The predicted molar refractivity (Wildman–Crippen MR) is 67.9 cm³/mol. The molecule has 0 atom stereocenters. The molecule has 0 amide bonds. The van der Waals surface area contributed by atoms with Crippen molar-refractivity contribution in [3.8, 4) is 0 Å². The van der Waals surface area contributed by atoms with Gasteiger partial charge in [0.1, 0.15) is 0 Å². The van der Waals surface area contributed by atoms with Crippen molar-refractivity contribution in [3.63, 3.8) is 0 Å². The van der Waals surface area contributed by atoms with Crippen LogP contribution in [0.2, 0.25) is 0 Å². The summed E-state index contributed by atoms with van der Waals surface area (Å²) >= 11 is 0. The third-order valence-electron chi connectivity index (χ3n) is 1.88. The summed E-state index contributed by atoms with van der Waals surface area (Å²) in [5.74, 6) is 0.204. The molecule has 6 heteroatoms. The fraction of sp³-hybridized carbons (Fsp3) is 0.364. The Hall–Kier alpha value is -2.11. The van der Waals surface area contributed by atoms with Crippen molar-refractivity contribution >= 4 is 11.9 Å². The van der Waals surface area contributed by atoms with E-state index in [-0.39, 0.29) is 18.0 Å². The first kappa shape index (κ1) is 13.0. The van der Waals surface area contributed by atoms with Gasteiger partial charge in [-0.1, -0.05) is 6.07 Å². The lowest BCUT2D eigenvalue weighted by Gasteiger charge is -2.14. The van der Waals surface area contributed by atoms with Gasteiger partial charge in [-0.05, 0) is 25.5 Å². The Labute approximate surface area is 101 Å². The molecule has 1 aromatic heterocycles. The minimum Gasteiger partial charge on any atom is -0.354 e. The van der Waals surface area contributed by atoms with E-state index in [4.69, 9.17) is 10.8 Å². The molecule has 0 bridgehead atoms. The largest absolute Gasteiger partial charge is 0.354 e. The molecule has 0 saturated carbocycles. The van der Waals surface area contributed by atoms with Crippen LogP contribution in [-0.4, -0.2) is 22.9 Å². The monoisotopic (exact) mass is 234 g/mol. The van der Waals surface area contributed by atoms with Gasteiger partial charge in [-0.15, -0.1) is 0 Å². The van der Waals surface area contributed by atoms with Gasteiger partial charge in [0.05, 0.1) is 0 Å². The Morgan fingerprint density at radius 2 is 2.12 bits per heavy atom. The summed E-state index contributed by atoms with van der Waals surface area (Å²) in [4.78, 5) is 3.98. The molecule has 0 aliphatic rings. The number of guanidine groups is 2. The molecule has 1 rings (SSSR count). The Balaban J connectivity index is 2.28. The zero-order chi connectivity index (χ0) is 12.7. The highest BCUT2D eigenvalue weighted by Gasteiger charge is 2.01. The summed E-state index contributed by atoms with van der Waals surface area (Å²) < 4.78 is 0. The van der Waals surface area contributed by atoms with Gasteiger partial charge in [-0.3, -0.25) is 21.1 Å². The predicted octanol–water partition coefficient (Wildman–Crippen LogP) is 0.628. The van der Waals surface area contributed by atoms with Gasteiger partial charge >= 0.3 is 0 Å². The van der Waals surface area contributed by atoms with E-state index < -0.39 is 0 Å². The van der Waals surface area contributed by atoms with E-state index in [1.807, 2.05) is 26.0 Å². The highest BCUT2D eigenvalue weighted by molar-refractivity contribution is 5.95. The molecule has 0 aliphatic heterocycles. The minimum atomic E-state index is 0.0898. The quantitative estimate of drug-likeness (QED) is 0.391. The summed E-state index contributed by atoms with van der Waals surface area (Å²) in [6, 6.07) is 3.93. The van der Waals surface area contributed by atoms with Crippen molar-refractivity contribution in [3.05, 3.63) is 30.1 Å². The number of hydrogen-bond acceptors (Lipinski definition) is 3. The topological polar surface area (TPSA) is 96.7 Å². The molecule has 0 saturated heterocycles. The van der Waals surface area contributed by atoms with Crippen LogP contribution < -0.4 is 16.0 Å². The highest BCUT2D eigenvalue weighted by Crippen LogP contribution is 1.93. The Kier molecular flexibility index (Phi) is 4.93. The van der Waals surface area contributed by atoms with E-state index in [0.29, 0.717) is 6.54 Å². The molecule has 92 valence electrons. The van der Waals surface area contributed by atoms with Crippen LogP contribution in [0, 0.1) is 10.8 Å². The summed E-state index contributed by atoms with van der Waals surface area (Å²) in [6.45, 7) is 4.38. The third-order valence-corrected chi connectivity index (χ3v) is 1.88. The molecule has 0 unspecified atom stereocenters. The molecule has 1 heterocycles. The molecular formula is C11H18N6. The smallest absolute Gasteiger partial charge is 0.195 e. The number of nitrogens with one attached hydrogen (secondary N) is 5. The molecule has 0 spiro atoms. The Morgan fingerprint density at radius 1 is 1.35 bits per heavy atom. The second-order valence-electron chi connectivity index (χ2n) is 3.89. The van der Waals surface area contributed by atoms with E-state index in [1.54, 1.807) is 12.4 Å². The number of pyridine rings is 1. The normalized spacial score (nSPS) is 9.82. The maximum absolute atomic E-state index is 7.59. The molecule has 0 radical (unpaired) electrons. The van der Waals surface area contributed by atoms with Crippen molar-refractivity contribution in [2.24, 2.45) is 0 Å². The van der Waals surface area contributed by atoms with Crippen LogP contribution in [0.25, 0.3) is 0 Å². The maximum atomic E-state index is 7.59. The van der Waals surface area contributed by atoms with Crippen LogP contribution in [0.3, 0.4) is 0 Å². The van der Waals surface area contributed by atoms with Crippen LogP contribution in [-0.2, 0) is 6.54 Å². The maximum Gasteiger partial charge on any atom is 0.195 e. The summed E-state index contributed by atoms with van der Waals surface area (Å²) in [7, 11) is 0. The lowest BCUT2D eigenvalue weighted by Crippen LogP contribution is -2.47. The van der Waals surface area contributed by atoms with E-state index in [9.17, 15) is 0 Å². The van der Waals surface area contributed by atoms with Gasteiger partial charge in [0.15, 0.2) is 11.9 Å². The number of hydrogen-bond donors (Lipinski definition) is 5. The lowest BCUT2D eigenvalue weighted by molar-refractivity contribution is 0.714. The lowest BCUT2D eigenvalue weighted by atomic mass is 10.3. The fourth-order valence-electron chi connectivity index (χ4n) is 1.19. The molecule has 5 N–H and O–H groups in total. The zero-order valence-corrected chi connectivity index (χ0v) is 10.0. The van der Waals surface area contributed by atoms with Crippen LogP contribution in [0.4, 0.5) is 0 Å². The van der Waals surface area contributed by atoms with Crippen LogP contribution in [0.1, 0.15) is 19.4 Å². The summed E-state index contributed by atoms with van der Waals surface area (Å²) in [5.41, 5.74) is 0.988. The first-order valence-corrected chi connectivity index (χ1v) is 5.41. The summed E-state index contributed by atoms with van der Waals surface area (Å²) in [6.07, 6.45) is 3.44. The average Bonchev–Trinajstić information content (AvgIpc) is 2.26. The van der Waals surface area contributed by atoms with Gasteiger partial charge in [-0.25, -0.2) is 0 Å². The van der Waals surface area contributed by atoms with Crippen LogP contribution in [0.15, 0.2) is 24.5 Å². The van der Waals surface area contributed by atoms with E-state index >= 15 is 0 Å². The van der Waals surface area contributed by atoms with Crippen LogP contribution in [0.5, 0.6) is 0 Å². The van der Waals surface area contributed by atoms with Crippen molar-refractivity contribution in [2.45, 2.75) is 26.4 Å². The van der Waals surface area contributed by atoms with Crippen LogP contribution >= 0.6 is 0 Å². The molecule has 0 fully saturated rings. The van der Waals surface area contributed by atoms with Gasteiger partial charge in [0, 0.05) is 25.0 Å². The standard InChI is InChI=1S/C11H18N6/c1-8(2)16-11(13)17-10(12)15-7-9-4-3-5-14-6-9/h3-6,8H,7H2,1-2H3,(H5,12,13,15,16,17). The van der Waals surface area contributed by atoms with Crippen molar-refractivity contribution in [1.29, 1.82) is 10.8 Å². The first-order chi connectivity index (χ1) is 8.08. The molecule has 1 aromatic rings. The molecule has 17 heavy (non-hydrogen) atoms. The highest BCUT2D eigenvalue weighted by atomic mass is 15.2. The van der Waals surface area contributed by atoms with E-state index in [1.165, 1.54) is 0 Å². The Morgan fingerprint density at radius 3 is 2.71 bits per heavy atom. The van der Waals surface area contributed by atoms with Gasteiger partial charge in [0.25, 0.3) is 0 Å². The molecule has 0 aliphatic carbocycles. The fourth-order valence-corrected chi connectivity index (χ4v) is 1.19. The van der Waals surface area contributed by atoms with E-state index in [2.05, 4.69) is 20.9 Å². The number of nitrogens with zero attached hydrogens (tertiary/aromatic N) is 1. The minimum absolute atomic E-state index is 0.0898. The van der Waals surface area contributed by atoms with Gasteiger partial charge < -0.3 is 10.6 Å². The third kappa shape index (κ3) is 5.50. The molecule has 0 aromatic carbocycles. The zero-order valence-electron chi connectivity index (χ0n) is 10.0. The van der Waals surface area contributed by atoms with Gasteiger partial charge in [0.2, 0.25) is 0 Å². The van der Waals surface area contributed by atoms with E-state index in [0.717, 1.165) is 5.56 Å². The first-order valence-electron chi connectivity index (χ1n) is 5.41.